The van der Waals surface area contributed by atoms with Gasteiger partial charge in [-0.3, -0.25) is 0 Å². The second-order valence-corrected chi connectivity index (χ2v) is 8.33. The summed E-state index contributed by atoms with van der Waals surface area (Å²) >= 11 is 0. The van der Waals surface area contributed by atoms with Gasteiger partial charge in [0.05, 0.1) is 5.75 Å². The van der Waals surface area contributed by atoms with Crippen molar-refractivity contribution in [1.82, 2.24) is 19.8 Å². The van der Waals surface area contributed by atoms with Crippen molar-refractivity contribution in [3.63, 3.8) is 0 Å². The largest absolute Gasteiger partial charge is 0.339 e. The lowest BCUT2D eigenvalue weighted by molar-refractivity contribution is 0.203. The molecule has 1 saturated carbocycles. The van der Waals surface area contributed by atoms with Crippen LogP contribution in [-0.4, -0.2) is 55.9 Å². The fourth-order valence-electron chi connectivity index (χ4n) is 2.96. The lowest BCUT2D eigenvalue weighted by Crippen LogP contribution is -2.36. The Kier molecular flexibility index (Phi) is 4.79. The van der Waals surface area contributed by atoms with Gasteiger partial charge < -0.3 is 9.42 Å². The smallest absolute Gasteiger partial charge is 0.229 e. The summed E-state index contributed by atoms with van der Waals surface area (Å²) in [6.07, 6.45) is 5.15. The zero-order valence-electron chi connectivity index (χ0n) is 13.0. The number of rotatable bonds is 7. The number of hydrogen-bond acceptors (Lipinski definition) is 6. The zero-order chi connectivity index (χ0) is 15.6. The molecule has 3 rings (SSSR count). The normalized spacial score (nSPS) is 23.8. The van der Waals surface area contributed by atoms with Crippen LogP contribution in [0.25, 0.3) is 0 Å². The van der Waals surface area contributed by atoms with Crippen LogP contribution >= 0.6 is 0 Å². The average Bonchev–Trinajstić information content (AvgIpc) is 3.25. The predicted octanol–water partition coefficient (Wildman–Crippen LogP) is 1.07. The first-order chi connectivity index (χ1) is 10.6. The van der Waals surface area contributed by atoms with E-state index < -0.39 is 10.0 Å². The Morgan fingerprint density at radius 3 is 2.86 bits per heavy atom. The molecule has 2 fully saturated rings. The summed E-state index contributed by atoms with van der Waals surface area (Å²) in [5.41, 5.74) is 0. The van der Waals surface area contributed by atoms with Gasteiger partial charge in [-0.1, -0.05) is 5.16 Å². The molecule has 1 atom stereocenters. The minimum absolute atomic E-state index is 0.179. The van der Waals surface area contributed by atoms with Crippen molar-refractivity contribution in [3.8, 4) is 0 Å². The molecular weight excluding hydrogens is 304 g/mol. The van der Waals surface area contributed by atoms with Gasteiger partial charge in [0, 0.05) is 18.4 Å². The molecular formula is C14H24N4O3S. The summed E-state index contributed by atoms with van der Waals surface area (Å²) in [6, 6.07) is 0. The van der Waals surface area contributed by atoms with E-state index in [1.807, 2.05) is 0 Å². The van der Waals surface area contributed by atoms with Crippen LogP contribution in [0.3, 0.4) is 0 Å². The molecule has 0 aromatic carbocycles. The number of sulfonamides is 1. The highest BCUT2D eigenvalue weighted by molar-refractivity contribution is 7.89. The highest BCUT2D eigenvalue weighted by Gasteiger charge is 2.32. The Morgan fingerprint density at radius 1 is 1.32 bits per heavy atom. The van der Waals surface area contributed by atoms with Crippen LogP contribution < -0.4 is 4.72 Å². The molecule has 1 aliphatic heterocycles. The van der Waals surface area contributed by atoms with Crippen LogP contribution in [0.15, 0.2) is 4.52 Å². The van der Waals surface area contributed by atoms with E-state index in [9.17, 15) is 8.42 Å². The van der Waals surface area contributed by atoms with Crippen LogP contribution in [-0.2, 0) is 10.0 Å². The second-order valence-electron chi connectivity index (χ2n) is 6.28. The van der Waals surface area contributed by atoms with Gasteiger partial charge in [-0.15, -0.1) is 0 Å². The number of aromatic nitrogens is 2. The maximum absolute atomic E-state index is 11.4. The van der Waals surface area contributed by atoms with Gasteiger partial charge in [0.2, 0.25) is 15.9 Å². The molecule has 22 heavy (non-hydrogen) atoms. The molecule has 2 heterocycles. The van der Waals surface area contributed by atoms with Crippen LogP contribution in [0.1, 0.15) is 55.7 Å². The molecule has 1 aliphatic carbocycles. The van der Waals surface area contributed by atoms with E-state index in [4.69, 9.17) is 4.52 Å². The third-order valence-electron chi connectivity index (χ3n) is 4.45. The molecule has 124 valence electrons. The molecule has 1 N–H and O–H groups in total. The maximum Gasteiger partial charge on any atom is 0.229 e. The highest BCUT2D eigenvalue weighted by atomic mass is 32.2. The predicted molar refractivity (Wildman–Crippen MR) is 82.2 cm³/mol. The molecule has 8 heteroatoms. The Labute approximate surface area is 131 Å². The third-order valence-corrected chi connectivity index (χ3v) is 5.90. The van der Waals surface area contributed by atoms with Crippen LogP contribution in [0.4, 0.5) is 0 Å². The number of nitrogens with one attached hydrogen (secondary N) is 1. The number of likely N-dealkylation sites (tertiary alicyclic amines) is 1. The summed E-state index contributed by atoms with van der Waals surface area (Å²) in [4.78, 5) is 6.86. The standard InChI is InChI=1S/C14H24N4O3S/c1-15-22(19,20)9-3-8-18-7-2-4-12(10-18)13-16-14(21-17-13)11-5-6-11/h11-12,15H,2-10H2,1H3/t12-/m0/s1. The molecule has 0 bridgehead atoms. The van der Waals surface area contributed by atoms with Gasteiger partial charge in [0.1, 0.15) is 0 Å². The first-order valence-corrected chi connectivity index (χ1v) is 9.69. The van der Waals surface area contributed by atoms with Crippen molar-refractivity contribution >= 4 is 10.0 Å². The SMILES string of the molecule is CNS(=O)(=O)CCCN1CCC[C@H](c2noc(C3CC3)n2)C1. The molecule has 1 saturated heterocycles. The van der Waals surface area contributed by atoms with Crippen LogP contribution in [0.2, 0.25) is 0 Å². The minimum Gasteiger partial charge on any atom is -0.339 e. The number of piperidine rings is 1. The van der Waals surface area contributed by atoms with Crippen molar-refractivity contribution in [2.45, 2.75) is 43.9 Å². The van der Waals surface area contributed by atoms with E-state index in [2.05, 4.69) is 19.8 Å². The molecule has 0 spiro atoms. The van der Waals surface area contributed by atoms with Crippen molar-refractivity contribution in [2.75, 3.05) is 32.4 Å². The van der Waals surface area contributed by atoms with E-state index in [0.29, 0.717) is 18.3 Å². The molecule has 0 unspecified atom stereocenters. The fourth-order valence-corrected chi connectivity index (χ4v) is 3.67. The molecule has 0 amide bonds. The summed E-state index contributed by atoms with van der Waals surface area (Å²) in [5, 5.41) is 4.15. The van der Waals surface area contributed by atoms with E-state index in [-0.39, 0.29) is 5.75 Å². The first-order valence-electron chi connectivity index (χ1n) is 8.04. The first kappa shape index (κ1) is 15.9. The lowest BCUT2D eigenvalue weighted by atomic mass is 9.97. The van der Waals surface area contributed by atoms with E-state index in [1.54, 1.807) is 0 Å². The highest BCUT2D eigenvalue weighted by Crippen LogP contribution is 2.39. The van der Waals surface area contributed by atoms with Gasteiger partial charge in [-0.2, -0.15) is 4.98 Å². The molecule has 1 aromatic rings. The van der Waals surface area contributed by atoms with Crippen molar-refractivity contribution < 1.29 is 12.9 Å². The van der Waals surface area contributed by atoms with Crippen LogP contribution in [0.5, 0.6) is 0 Å². The van der Waals surface area contributed by atoms with Crippen molar-refractivity contribution in [3.05, 3.63) is 11.7 Å². The Hall–Kier alpha value is -0.990. The van der Waals surface area contributed by atoms with Gasteiger partial charge in [-0.05, 0) is 52.2 Å². The number of nitrogens with zero attached hydrogens (tertiary/aromatic N) is 3. The van der Waals surface area contributed by atoms with Gasteiger partial charge in [-0.25, -0.2) is 13.1 Å². The lowest BCUT2D eigenvalue weighted by Gasteiger charge is -2.31. The Bertz CT molecular complexity index is 597. The van der Waals surface area contributed by atoms with E-state index in [1.165, 1.54) is 19.9 Å². The average molecular weight is 328 g/mol. The van der Waals surface area contributed by atoms with Crippen molar-refractivity contribution in [1.29, 1.82) is 0 Å². The number of hydrogen-bond donors (Lipinski definition) is 1. The fraction of sp³-hybridized carbons (Fsp3) is 0.857. The monoisotopic (exact) mass is 328 g/mol. The Morgan fingerprint density at radius 2 is 2.14 bits per heavy atom. The minimum atomic E-state index is -3.10. The third kappa shape index (κ3) is 4.05. The summed E-state index contributed by atoms with van der Waals surface area (Å²) in [7, 11) is -1.64. The van der Waals surface area contributed by atoms with Gasteiger partial charge in [0.25, 0.3) is 0 Å². The molecule has 2 aliphatic rings. The molecule has 0 radical (unpaired) electrons. The van der Waals surface area contributed by atoms with Gasteiger partial charge in [0.15, 0.2) is 5.82 Å². The second kappa shape index (κ2) is 6.64. The molecule has 1 aromatic heterocycles. The molecule has 7 nitrogen and oxygen atoms in total. The summed E-state index contributed by atoms with van der Waals surface area (Å²) in [6.45, 7) is 2.71. The van der Waals surface area contributed by atoms with Crippen LogP contribution in [0, 0.1) is 0 Å². The van der Waals surface area contributed by atoms with Crippen molar-refractivity contribution in [2.24, 2.45) is 0 Å². The summed E-state index contributed by atoms with van der Waals surface area (Å²) in [5.74, 6) is 2.61. The Balaban J connectivity index is 1.50. The topological polar surface area (TPSA) is 88.3 Å². The quantitative estimate of drug-likeness (QED) is 0.805. The summed E-state index contributed by atoms with van der Waals surface area (Å²) < 4.78 is 30.6. The van der Waals surface area contributed by atoms with E-state index in [0.717, 1.165) is 44.2 Å². The van der Waals surface area contributed by atoms with Gasteiger partial charge >= 0.3 is 0 Å². The van der Waals surface area contributed by atoms with E-state index >= 15 is 0 Å². The maximum atomic E-state index is 11.4. The zero-order valence-corrected chi connectivity index (χ0v) is 13.8.